The highest BCUT2D eigenvalue weighted by Crippen LogP contribution is 2.22. The van der Waals surface area contributed by atoms with Crippen molar-refractivity contribution < 1.29 is 9.53 Å². The molecular formula is C22H33N3O2. The molecule has 2 heterocycles. The highest BCUT2D eigenvalue weighted by molar-refractivity contribution is 5.95. The Labute approximate surface area is 163 Å². The number of carbonyl (C=O) groups is 1. The number of morpholine rings is 1. The summed E-state index contributed by atoms with van der Waals surface area (Å²) in [4.78, 5) is 19.7. The predicted molar refractivity (Wildman–Crippen MR) is 110 cm³/mol. The topological polar surface area (TPSA) is 36.0 Å². The third-order valence-electron chi connectivity index (χ3n) is 5.48. The van der Waals surface area contributed by atoms with Gasteiger partial charge in [0.25, 0.3) is 0 Å². The van der Waals surface area contributed by atoms with E-state index in [1.807, 2.05) is 35.2 Å². The van der Waals surface area contributed by atoms with Gasteiger partial charge in [0.15, 0.2) is 0 Å². The van der Waals surface area contributed by atoms with Gasteiger partial charge in [-0.15, -0.1) is 6.58 Å². The standard InChI is InChI=1S/C22H33N3O2/c1-4-12-25(20-9-6-5-7-10-20)22(26)17-24-13-8-11-21(24)16-23-14-18(2)27-19(3)15-23/h4-7,9-10,18-19,21H,1,8,11-17H2,2-3H3. The Kier molecular flexibility index (Phi) is 7.05. The van der Waals surface area contributed by atoms with Gasteiger partial charge in [-0.3, -0.25) is 14.6 Å². The number of para-hydroxylation sites is 1. The molecule has 5 heteroatoms. The highest BCUT2D eigenvalue weighted by atomic mass is 16.5. The maximum absolute atomic E-state index is 13.0. The molecule has 0 spiro atoms. The Bertz CT molecular complexity index is 611. The molecule has 0 saturated carbocycles. The quantitative estimate of drug-likeness (QED) is 0.691. The molecular weight excluding hydrogens is 338 g/mol. The number of hydrogen-bond donors (Lipinski definition) is 0. The van der Waals surface area contributed by atoms with Crippen molar-refractivity contribution in [1.82, 2.24) is 9.80 Å². The number of rotatable bonds is 7. The number of carbonyl (C=O) groups excluding carboxylic acids is 1. The van der Waals surface area contributed by atoms with Crippen molar-refractivity contribution in [2.24, 2.45) is 0 Å². The summed E-state index contributed by atoms with van der Waals surface area (Å²) in [6, 6.07) is 10.3. The molecule has 3 unspecified atom stereocenters. The maximum Gasteiger partial charge on any atom is 0.241 e. The van der Waals surface area contributed by atoms with Crippen molar-refractivity contribution >= 4 is 11.6 Å². The summed E-state index contributed by atoms with van der Waals surface area (Å²) in [6.45, 7) is 13.1. The summed E-state index contributed by atoms with van der Waals surface area (Å²) in [6.07, 6.45) is 4.70. The van der Waals surface area contributed by atoms with E-state index < -0.39 is 0 Å². The van der Waals surface area contributed by atoms with Crippen LogP contribution in [0.25, 0.3) is 0 Å². The van der Waals surface area contributed by atoms with Crippen LogP contribution in [-0.4, -0.2) is 73.2 Å². The van der Waals surface area contributed by atoms with Crippen LogP contribution < -0.4 is 4.90 Å². The minimum Gasteiger partial charge on any atom is -0.373 e. The Morgan fingerprint density at radius 2 is 1.96 bits per heavy atom. The molecule has 1 aromatic rings. The van der Waals surface area contributed by atoms with Crippen molar-refractivity contribution in [2.45, 2.75) is 44.9 Å². The normalized spacial score (nSPS) is 26.8. The average Bonchev–Trinajstić information content (AvgIpc) is 3.06. The molecule has 0 N–H and O–H groups in total. The first-order valence-corrected chi connectivity index (χ1v) is 10.1. The fourth-order valence-electron chi connectivity index (χ4n) is 4.39. The molecule has 0 aliphatic carbocycles. The summed E-state index contributed by atoms with van der Waals surface area (Å²) >= 11 is 0. The third kappa shape index (κ3) is 5.41. The van der Waals surface area contributed by atoms with Crippen LogP contribution in [0.4, 0.5) is 5.69 Å². The number of benzene rings is 1. The molecule has 2 aliphatic rings. The van der Waals surface area contributed by atoms with Crippen molar-refractivity contribution in [2.75, 3.05) is 44.2 Å². The Hall–Kier alpha value is -1.69. The minimum atomic E-state index is 0.150. The van der Waals surface area contributed by atoms with Gasteiger partial charge in [-0.05, 0) is 45.4 Å². The highest BCUT2D eigenvalue weighted by Gasteiger charge is 2.31. The van der Waals surface area contributed by atoms with Crippen LogP contribution in [0.1, 0.15) is 26.7 Å². The minimum absolute atomic E-state index is 0.150. The zero-order valence-corrected chi connectivity index (χ0v) is 16.7. The van der Waals surface area contributed by atoms with Crippen molar-refractivity contribution in [3.8, 4) is 0 Å². The van der Waals surface area contributed by atoms with E-state index in [0.717, 1.165) is 31.9 Å². The van der Waals surface area contributed by atoms with Crippen LogP contribution in [0, 0.1) is 0 Å². The van der Waals surface area contributed by atoms with Crippen LogP contribution >= 0.6 is 0 Å². The second-order valence-corrected chi connectivity index (χ2v) is 7.87. The molecule has 0 aromatic heterocycles. The Morgan fingerprint density at radius 1 is 1.26 bits per heavy atom. The van der Waals surface area contributed by atoms with Crippen LogP contribution in [0.15, 0.2) is 43.0 Å². The van der Waals surface area contributed by atoms with Gasteiger partial charge in [0.05, 0.1) is 18.8 Å². The Morgan fingerprint density at radius 3 is 2.63 bits per heavy atom. The molecule has 2 fully saturated rings. The first kappa shape index (κ1) is 20.1. The Balaban J connectivity index is 1.61. The van der Waals surface area contributed by atoms with E-state index >= 15 is 0 Å². The van der Waals surface area contributed by atoms with Crippen LogP contribution in [0.2, 0.25) is 0 Å². The smallest absolute Gasteiger partial charge is 0.241 e. The lowest BCUT2D eigenvalue weighted by Gasteiger charge is -2.38. The molecule has 0 radical (unpaired) electrons. The van der Waals surface area contributed by atoms with Gasteiger partial charge in [0.1, 0.15) is 0 Å². The monoisotopic (exact) mass is 371 g/mol. The first-order valence-electron chi connectivity index (χ1n) is 10.1. The van der Waals surface area contributed by atoms with Crippen LogP contribution in [0.3, 0.4) is 0 Å². The van der Waals surface area contributed by atoms with Gasteiger partial charge < -0.3 is 9.64 Å². The molecule has 27 heavy (non-hydrogen) atoms. The summed E-state index contributed by atoms with van der Waals surface area (Å²) in [5.41, 5.74) is 0.939. The number of likely N-dealkylation sites (tertiary alicyclic amines) is 1. The summed E-state index contributed by atoms with van der Waals surface area (Å²) in [5, 5.41) is 0. The molecule has 2 saturated heterocycles. The van der Waals surface area contributed by atoms with E-state index in [1.54, 1.807) is 6.08 Å². The van der Waals surface area contributed by atoms with Crippen LogP contribution in [0.5, 0.6) is 0 Å². The van der Waals surface area contributed by atoms with Gasteiger partial charge in [-0.25, -0.2) is 0 Å². The number of nitrogens with zero attached hydrogens (tertiary/aromatic N) is 3. The van der Waals surface area contributed by atoms with Gasteiger partial charge in [0, 0.05) is 37.9 Å². The SMILES string of the molecule is C=CCN(C(=O)CN1CCCC1CN1CC(C)OC(C)C1)c1ccccc1. The molecule has 5 nitrogen and oxygen atoms in total. The zero-order chi connectivity index (χ0) is 19.2. The molecule has 148 valence electrons. The number of hydrogen-bond acceptors (Lipinski definition) is 4. The van der Waals surface area contributed by atoms with E-state index in [1.165, 1.54) is 12.8 Å². The number of anilines is 1. The van der Waals surface area contributed by atoms with E-state index in [4.69, 9.17) is 4.74 Å². The molecule has 2 aliphatic heterocycles. The van der Waals surface area contributed by atoms with E-state index in [2.05, 4.69) is 30.2 Å². The van der Waals surface area contributed by atoms with Crippen molar-refractivity contribution in [3.05, 3.63) is 43.0 Å². The maximum atomic E-state index is 13.0. The third-order valence-corrected chi connectivity index (χ3v) is 5.48. The molecule has 1 amide bonds. The number of ether oxygens (including phenoxy) is 1. The van der Waals surface area contributed by atoms with Crippen LogP contribution in [-0.2, 0) is 9.53 Å². The van der Waals surface area contributed by atoms with Crippen molar-refractivity contribution in [1.29, 1.82) is 0 Å². The fourth-order valence-corrected chi connectivity index (χ4v) is 4.39. The van der Waals surface area contributed by atoms with E-state index in [-0.39, 0.29) is 18.1 Å². The van der Waals surface area contributed by atoms with E-state index in [0.29, 0.717) is 19.1 Å². The molecule has 3 rings (SSSR count). The molecule has 3 atom stereocenters. The number of amides is 1. The zero-order valence-electron chi connectivity index (χ0n) is 16.7. The second kappa shape index (κ2) is 9.49. The van der Waals surface area contributed by atoms with Gasteiger partial charge in [-0.1, -0.05) is 24.3 Å². The lowest BCUT2D eigenvalue weighted by molar-refractivity contribution is -0.120. The fraction of sp³-hybridized carbons (Fsp3) is 0.591. The van der Waals surface area contributed by atoms with Gasteiger partial charge >= 0.3 is 0 Å². The summed E-state index contributed by atoms with van der Waals surface area (Å²) < 4.78 is 5.85. The second-order valence-electron chi connectivity index (χ2n) is 7.87. The van der Waals surface area contributed by atoms with Gasteiger partial charge in [-0.2, -0.15) is 0 Å². The molecule has 0 bridgehead atoms. The summed E-state index contributed by atoms with van der Waals surface area (Å²) in [7, 11) is 0. The average molecular weight is 372 g/mol. The summed E-state index contributed by atoms with van der Waals surface area (Å²) in [5.74, 6) is 0.150. The van der Waals surface area contributed by atoms with Gasteiger partial charge in [0.2, 0.25) is 5.91 Å². The first-order chi connectivity index (χ1) is 13.1. The van der Waals surface area contributed by atoms with E-state index in [9.17, 15) is 4.79 Å². The largest absolute Gasteiger partial charge is 0.373 e. The van der Waals surface area contributed by atoms with Crippen molar-refractivity contribution in [3.63, 3.8) is 0 Å². The lowest BCUT2D eigenvalue weighted by atomic mass is 10.1. The molecule has 1 aromatic carbocycles. The predicted octanol–water partition coefficient (Wildman–Crippen LogP) is 2.78. The lowest BCUT2D eigenvalue weighted by Crippen LogP contribution is -2.51.